The van der Waals surface area contributed by atoms with Crippen LogP contribution in [-0.4, -0.2) is 50.8 Å². The maximum absolute atomic E-state index is 12.7. The van der Waals surface area contributed by atoms with Gasteiger partial charge in [0.05, 0.1) is 0 Å². The minimum atomic E-state index is -1.80. The summed E-state index contributed by atoms with van der Waals surface area (Å²) in [5, 5.41) is -0.0205. The molecule has 0 radical (unpaired) electrons. The van der Waals surface area contributed by atoms with Crippen LogP contribution in [0.5, 0.6) is 0 Å². The van der Waals surface area contributed by atoms with Crippen LogP contribution in [0.3, 0.4) is 0 Å². The minimum Gasteiger partial charge on any atom is -0.397 e. The van der Waals surface area contributed by atoms with Crippen molar-refractivity contribution in [1.29, 1.82) is 0 Å². The van der Waals surface area contributed by atoms with Gasteiger partial charge in [-0.15, -0.1) is 0 Å². The van der Waals surface area contributed by atoms with Crippen molar-refractivity contribution in [1.82, 2.24) is 0 Å². The fraction of sp³-hybridized carbons (Fsp3) is 0.952. The lowest BCUT2D eigenvalue weighted by Gasteiger charge is -2.35. The molecule has 0 aliphatic heterocycles. The third-order valence-electron chi connectivity index (χ3n) is 5.98. The first-order valence-electron chi connectivity index (χ1n) is 11.2. The highest BCUT2D eigenvalue weighted by molar-refractivity contribution is 6.49. The zero-order chi connectivity index (χ0) is 21.6. The second-order valence-corrected chi connectivity index (χ2v) is 13.5. The molecule has 2 unspecified atom stereocenters. The van der Waals surface area contributed by atoms with Crippen molar-refractivity contribution in [3.8, 4) is 0 Å². The van der Waals surface area contributed by atoms with Crippen LogP contribution in [0.2, 0.25) is 10.1 Å². The van der Waals surface area contributed by atoms with Gasteiger partial charge >= 0.3 is 18.6 Å². The van der Waals surface area contributed by atoms with E-state index in [4.69, 9.17) is 17.7 Å². The van der Waals surface area contributed by atoms with Crippen molar-refractivity contribution in [3.05, 3.63) is 0 Å². The van der Waals surface area contributed by atoms with Gasteiger partial charge in [0.25, 0.3) is 0 Å². The summed E-state index contributed by atoms with van der Waals surface area (Å²) in [7, 11) is -3.61. The average Bonchev–Trinajstić information content (AvgIpc) is 2.69. The Bertz CT molecular complexity index is 376. The van der Waals surface area contributed by atoms with E-state index in [0.29, 0.717) is 45.1 Å². The quantitative estimate of drug-likeness (QED) is 0.283. The van der Waals surface area contributed by atoms with Gasteiger partial charge < -0.3 is 17.7 Å². The first-order chi connectivity index (χ1) is 13.3. The second-order valence-electron chi connectivity index (χ2n) is 8.04. The normalized spacial score (nSPS) is 16.4. The van der Waals surface area contributed by atoms with E-state index >= 15 is 0 Å². The summed E-state index contributed by atoms with van der Waals surface area (Å²) in [6.45, 7) is 19.6. The molecule has 2 atom stereocenters. The fourth-order valence-electron chi connectivity index (χ4n) is 3.40. The Morgan fingerprint density at radius 2 is 0.929 bits per heavy atom. The van der Waals surface area contributed by atoms with Crippen molar-refractivity contribution in [2.24, 2.45) is 0 Å². The third kappa shape index (κ3) is 9.18. The topological polar surface area (TPSA) is 54.0 Å². The summed E-state index contributed by atoms with van der Waals surface area (Å²) < 4.78 is 23.9. The van der Waals surface area contributed by atoms with Gasteiger partial charge in [0.1, 0.15) is 5.78 Å². The predicted octanol–water partition coefficient (Wildman–Crippen LogP) is 5.04. The molecule has 7 heteroatoms. The molecule has 0 aromatic heterocycles. The SMILES string of the molecule is CCO[SiH](OCC)C(C)(CC)CCC(=O)CCC(C)(CC)[SiH](OCC)OCC. The van der Waals surface area contributed by atoms with Crippen LogP contribution in [0.15, 0.2) is 0 Å². The van der Waals surface area contributed by atoms with Crippen LogP contribution in [0.1, 0.15) is 93.9 Å². The molecule has 0 rings (SSSR count). The molecule has 28 heavy (non-hydrogen) atoms. The minimum absolute atomic E-state index is 0.0102. The summed E-state index contributed by atoms with van der Waals surface area (Å²) in [5.41, 5.74) is 0. The Morgan fingerprint density at radius 3 is 1.14 bits per heavy atom. The third-order valence-corrected chi connectivity index (χ3v) is 12.2. The molecule has 0 heterocycles. The molecule has 0 saturated heterocycles. The zero-order valence-electron chi connectivity index (χ0n) is 19.8. The smallest absolute Gasteiger partial charge is 0.327 e. The Hall–Kier alpha value is -0.0562. The monoisotopic (exact) mass is 434 g/mol. The summed E-state index contributed by atoms with van der Waals surface area (Å²) in [4.78, 5) is 12.7. The van der Waals surface area contributed by atoms with E-state index < -0.39 is 18.6 Å². The van der Waals surface area contributed by atoms with Crippen molar-refractivity contribution in [2.75, 3.05) is 26.4 Å². The van der Waals surface area contributed by atoms with Gasteiger partial charge in [0, 0.05) is 49.3 Å². The zero-order valence-corrected chi connectivity index (χ0v) is 22.1. The van der Waals surface area contributed by atoms with Crippen LogP contribution < -0.4 is 0 Å². The number of Topliss-reactive ketones (excluding diaryl/α,β-unsaturated/α-hetero) is 1. The summed E-state index contributed by atoms with van der Waals surface area (Å²) in [6.07, 6.45) is 4.85. The highest BCUT2D eigenvalue weighted by atomic mass is 28.3. The Morgan fingerprint density at radius 1 is 0.643 bits per heavy atom. The van der Waals surface area contributed by atoms with Crippen LogP contribution in [0, 0.1) is 0 Å². The van der Waals surface area contributed by atoms with E-state index in [-0.39, 0.29) is 10.1 Å². The van der Waals surface area contributed by atoms with E-state index in [1.165, 1.54) is 0 Å². The van der Waals surface area contributed by atoms with Gasteiger partial charge in [-0.05, 0) is 53.4 Å². The lowest BCUT2D eigenvalue weighted by molar-refractivity contribution is -0.119. The fourth-order valence-corrected chi connectivity index (χ4v) is 7.84. The van der Waals surface area contributed by atoms with E-state index in [1.54, 1.807) is 0 Å². The van der Waals surface area contributed by atoms with Crippen LogP contribution in [0.25, 0.3) is 0 Å². The van der Waals surface area contributed by atoms with Crippen molar-refractivity contribution in [3.63, 3.8) is 0 Å². The molecular weight excluding hydrogens is 388 g/mol. The lowest BCUT2D eigenvalue weighted by atomic mass is 9.95. The second kappa shape index (κ2) is 14.9. The molecule has 0 aliphatic carbocycles. The number of carbonyl (C=O) groups excluding carboxylic acids is 1. The molecule has 0 saturated carbocycles. The molecule has 5 nitrogen and oxygen atoms in total. The number of rotatable bonds is 18. The number of carbonyl (C=O) groups is 1. The lowest BCUT2D eigenvalue weighted by Crippen LogP contribution is -2.37. The van der Waals surface area contributed by atoms with Gasteiger partial charge in [-0.1, -0.05) is 27.7 Å². The molecule has 0 N–H and O–H groups in total. The summed E-state index contributed by atoms with van der Waals surface area (Å²) in [5.74, 6) is 0.334. The largest absolute Gasteiger partial charge is 0.397 e. The van der Waals surface area contributed by atoms with Gasteiger partial charge in [0.15, 0.2) is 0 Å². The first-order valence-corrected chi connectivity index (χ1v) is 14.3. The predicted molar refractivity (Wildman–Crippen MR) is 122 cm³/mol. The maximum atomic E-state index is 12.7. The number of hydrogen-bond acceptors (Lipinski definition) is 5. The Kier molecular flexibility index (Phi) is 14.8. The van der Waals surface area contributed by atoms with E-state index in [1.807, 2.05) is 27.7 Å². The Balaban J connectivity index is 4.84. The number of hydrogen-bond donors (Lipinski definition) is 0. The highest BCUT2D eigenvalue weighted by Gasteiger charge is 2.39. The molecule has 168 valence electrons. The highest BCUT2D eigenvalue weighted by Crippen LogP contribution is 2.42. The maximum Gasteiger partial charge on any atom is 0.327 e. The summed E-state index contributed by atoms with van der Waals surface area (Å²) >= 11 is 0. The number of ketones is 1. The Labute approximate surface area is 177 Å². The van der Waals surface area contributed by atoms with Gasteiger partial charge in [0.2, 0.25) is 0 Å². The van der Waals surface area contributed by atoms with Crippen molar-refractivity contribution in [2.45, 2.75) is 104 Å². The van der Waals surface area contributed by atoms with E-state index in [0.717, 1.165) is 25.7 Å². The molecular formula is C21H46O5Si2. The van der Waals surface area contributed by atoms with Crippen LogP contribution in [0.4, 0.5) is 0 Å². The first kappa shape index (κ1) is 27.9. The van der Waals surface area contributed by atoms with Gasteiger partial charge in [-0.3, -0.25) is 4.79 Å². The molecule has 0 aliphatic rings. The van der Waals surface area contributed by atoms with E-state index in [2.05, 4.69) is 27.7 Å². The standard InChI is InChI=1S/C21H46O5Si2/c1-9-20(7,27(23-11-3)24-12-4)17-15-19(22)16-18-21(8,10-2)28(25-13-5)26-14-6/h27-28H,9-18H2,1-8H3. The van der Waals surface area contributed by atoms with Crippen molar-refractivity contribution >= 4 is 24.4 Å². The van der Waals surface area contributed by atoms with Crippen molar-refractivity contribution < 1.29 is 22.5 Å². The molecule has 0 bridgehead atoms. The van der Waals surface area contributed by atoms with Gasteiger partial charge in [-0.25, -0.2) is 0 Å². The average molecular weight is 435 g/mol. The van der Waals surface area contributed by atoms with Crippen LogP contribution in [-0.2, 0) is 22.5 Å². The molecule has 0 aromatic rings. The molecule has 0 amide bonds. The molecule has 0 aromatic carbocycles. The van der Waals surface area contributed by atoms with Gasteiger partial charge in [-0.2, -0.15) is 0 Å². The van der Waals surface area contributed by atoms with E-state index in [9.17, 15) is 4.79 Å². The molecule has 0 fully saturated rings. The van der Waals surface area contributed by atoms with Crippen LogP contribution >= 0.6 is 0 Å². The molecule has 0 spiro atoms. The summed E-state index contributed by atoms with van der Waals surface area (Å²) in [6, 6.07) is 0.